The summed E-state index contributed by atoms with van der Waals surface area (Å²) in [7, 11) is 0. The van der Waals surface area contributed by atoms with Crippen LogP contribution in [0.3, 0.4) is 0 Å². The molecule has 8 nitrogen and oxygen atoms in total. The molecule has 31 heavy (non-hydrogen) atoms. The lowest BCUT2D eigenvalue weighted by Gasteiger charge is -2.29. The molecule has 3 atom stereocenters. The zero-order chi connectivity index (χ0) is 22.0. The Labute approximate surface area is 176 Å². The summed E-state index contributed by atoms with van der Waals surface area (Å²) in [5, 5.41) is 28.6. The fourth-order valence-corrected chi connectivity index (χ4v) is 3.56. The van der Waals surface area contributed by atoms with Crippen LogP contribution in [0.15, 0.2) is 61.7 Å². The molecule has 1 aromatic carbocycles. The summed E-state index contributed by atoms with van der Waals surface area (Å²) >= 11 is 0. The summed E-state index contributed by atoms with van der Waals surface area (Å²) in [4.78, 5) is 7.78. The number of halogens is 2. The maximum Gasteiger partial charge on any atom is 0.157 e. The molecule has 0 radical (unpaired) electrons. The van der Waals surface area contributed by atoms with Crippen LogP contribution in [-0.4, -0.2) is 34.6 Å². The van der Waals surface area contributed by atoms with E-state index in [2.05, 4.69) is 26.2 Å². The number of nitriles is 1. The molecule has 156 valence electrons. The molecule has 0 saturated carbocycles. The third-order valence-electron chi connectivity index (χ3n) is 5.14. The Morgan fingerprint density at radius 3 is 2.65 bits per heavy atom. The van der Waals surface area contributed by atoms with Crippen LogP contribution in [0.1, 0.15) is 36.2 Å². The second-order valence-electron chi connectivity index (χ2n) is 6.96. The first-order valence-electron chi connectivity index (χ1n) is 9.35. The van der Waals surface area contributed by atoms with Crippen molar-refractivity contribution in [3.63, 3.8) is 0 Å². The van der Waals surface area contributed by atoms with Gasteiger partial charge in [0.1, 0.15) is 30.4 Å². The molecule has 0 aliphatic heterocycles. The zero-order valence-electron chi connectivity index (χ0n) is 16.3. The summed E-state index contributed by atoms with van der Waals surface area (Å²) in [6.07, 6.45) is 7.58. The number of hydrogen-bond acceptors (Lipinski definition) is 6. The highest BCUT2D eigenvalue weighted by atomic mass is 19.1. The van der Waals surface area contributed by atoms with Gasteiger partial charge in [0, 0.05) is 35.8 Å². The number of aliphatic hydroxyl groups is 1. The van der Waals surface area contributed by atoms with Gasteiger partial charge in [-0.2, -0.15) is 15.5 Å². The van der Waals surface area contributed by atoms with E-state index in [4.69, 9.17) is 0 Å². The normalized spacial score (nSPS) is 14.0. The first kappa shape index (κ1) is 20.3. The molecule has 0 saturated heterocycles. The number of aromatic nitrogens is 6. The molecule has 1 N–H and O–H groups in total. The molecule has 0 fully saturated rings. The van der Waals surface area contributed by atoms with Crippen molar-refractivity contribution in [2.75, 3.05) is 0 Å². The molecule has 1 unspecified atom stereocenters. The molecule has 4 aromatic rings. The van der Waals surface area contributed by atoms with Gasteiger partial charge in [0.2, 0.25) is 0 Å². The lowest BCUT2D eigenvalue weighted by atomic mass is 9.90. The molecule has 0 spiro atoms. The van der Waals surface area contributed by atoms with Crippen molar-refractivity contribution in [3.8, 4) is 17.2 Å². The summed E-state index contributed by atoms with van der Waals surface area (Å²) in [6, 6.07) is 6.42. The summed E-state index contributed by atoms with van der Waals surface area (Å²) < 4.78 is 30.9. The Morgan fingerprint density at radius 1 is 1.10 bits per heavy atom. The van der Waals surface area contributed by atoms with Crippen LogP contribution in [0.4, 0.5) is 8.78 Å². The number of hydrogen-bond donors (Lipinski definition) is 1. The van der Waals surface area contributed by atoms with Gasteiger partial charge in [-0.05, 0) is 24.6 Å². The van der Waals surface area contributed by atoms with Gasteiger partial charge in [-0.15, -0.1) is 0 Å². The summed E-state index contributed by atoms with van der Waals surface area (Å²) in [6.45, 7) is 1.75. The fraction of sp³-hybridized carbons (Fsp3) is 0.190. The minimum absolute atomic E-state index is 0.107. The Kier molecular flexibility index (Phi) is 5.51. The van der Waals surface area contributed by atoms with Crippen molar-refractivity contribution in [2.45, 2.75) is 25.1 Å². The molecule has 0 aliphatic carbocycles. The van der Waals surface area contributed by atoms with Gasteiger partial charge >= 0.3 is 0 Å². The number of aliphatic hydroxyl groups excluding tert-OH is 1. The monoisotopic (exact) mass is 421 g/mol. The minimum atomic E-state index is -1.29. The molecule has 3 aromatic heterocycles. The van der Waals surface area contributed by atoms with E-state index in [1.807, 2.05) is 0 Å². The first-order valence-corrected chi connectivity index (χ1v) is 9.35. The molecule has 0 amide bonds. The van der Waals surface area contributed by atoms with Crippen LogP contribution >= 0.6 is 0 Å². The fourth-order valence-electron chi connectivity index (χ4n) is 3.56. The average molecular weight is 421 g/mol. The summed E-state index contributed by atoms with van der Waals surface area (Å²) in [5.74, 6) is -2.38. The lowest BCUT2D eigenvalue weighted by Crippen LogP contribution is -2.27. The third-order valence-corrected chi connectivity index (χ3v) is 5.14. The van der Waals surface area contributed by atoms with E-state index >= 15 is 0 Å². The predicted octanol–water partition coefficient (Wildman–Crippen LogP) is 3.22. The molecule has 0 aliphatic rings. The van der Waals surface area contributed by atoms with E-state index in [1.165, 1.54) is 29.6 Å². The molecule has 0 bridgehead atoms. The smallest absolute Gasteiger partial charge is 0.157 e. The van der Waals surface area contributed by atoms with E-state index in [-0.39, 0.29) is 5.56 Å². The van der Waals surface area contributed by atoms with Crippen molar-refractivity contribution >= 4 is 0 Å². The topological polar surface area (TPSA) is 105 Å². The van der Waals surface area contributed by atoms with E-state index < -0.39 is 29.8 Å². The standard InChI is InChI=1S/C21H17F2N7O/c1-13(29-10-15(9-27-29)17-4-5-25-8-14(17)7-24)20(21(31)30-12-26-11-28-30)18-3-2-16(22)6-19(18)23/h2-6,8-13,20-21,31H,1H3/t13-,20+,21?/m1/s1. The zero-order valence-corrected chi connectivity index (χ0v) is 16.3. The minimum Gasteiger partial charge on any atom is -0.371 e. The lowest BCUT2D eigenvalue weighted by molar-refractivity contribution is 0.0403. The Balaban J connectivity index is 1.75. The van der Waals surface area contributed by atoms with Crippen molar-refractivity contribution in [2.24, 2.45) is 0 Å². The molecule has 10 heteroatoms. The van der Waals surface area contributed by atoms with Crippen molar-refractivity contribution in [1.29, 1.82) is 5.26 Å². The van der Waals surface area contributed by atoms with Crippen molar-refractivity contribution in [1.82, 2.24) is 29.5 Å². The SMILES string of the molecule is C[C@H]([C@@H](c1ccc(F)cc1F)C(O)n1cncn1)n1cc(-c2ccncc2C#N)cn1. The maximum absolute atomic E-state index is 14.7. The van der Waals surface area contributed by atoms with Crippen LogP contribution in [0.2, 0.25) is 0 Å². The molecule has 3 heterocycles. The third kappa shape index (κ3) is 3.91. The Bertz CT molecular complexity index is 1230. The highest BCUT2D eigenvalue weighted by molar-refractivity contribution is 5.68. The summed E-state index contributed by atoms with van der Waals surface area (Å²) in [5.41, 5.74) is 1.81. The van der Waals surface area contributed by atoms with Gasteiger partial charge in [-0.25, -0.2) is 18.4 Å². The highest BCUT2D eigenvalue weighted by Gasteiger charge is 2.33. The maximum atomic E-state index is 14.7. The van der Waals surface area contributed by atoms with Crippen LogP contribution in [0.25, 0.3) is 11.1 Å². The van der Waals surface area contributed by atoms with Gasteiger partial charge in [0.15, 0.2) is 6.23 Å². The van der Waals surface area contributed by atoms with Crippen molar-refractivity contribution < 1.29 is 13.9 Å². The van der Waals surface area contributed by atoms with Gasteiger partial charge in [-0.3, -0.25) is 9.67 Å². The Morgan fingerprint density at radius 2 is 1.94 bits per heavy atom. The molecular formula is C21H17F2N7O. The van der Waals surface area contributed by atoms with E-state index in [1.54, 1.807) is 36.3 Å². The second kappa shape index (κ2) is 8.41. The van der Waals surface area contributed by atoms with Crippen LogP contribution < -0.4 is 0 Å². The van der Waals surface area contributed by atoms with Gasteiger partial charge in [-0.1, -0.05) is 6.07 Å². The number of benzene rings is 1. The van der Waals surface area contributed by atoms with E-state index in [9.17, 15) is 19.1 Å². The predicted molar refractivity (Wildman–Crippen MR) is 105 cm³/mol. The van der Waals surface area contributed by atoms with Gasteiger partial charge in [0.05, 0.1) is 23.7 Å². The number of pyridine rings is 1. The second-order valence-corrected chi connectivity index (χ2v) is 6.96. The van der Waals surface area contributed by atoms with Crippen LogP contribution in [0.5, 0.6) is 0 Å². The van der Waals surface area contributed by atoms with Gasteiger partial charge in [0.25, 0.3) is 0 Å². The van der Waals surface area contributed by atoms with Crippen LogP contribution in [0, 0.1) is 23.0 Å². The largest absolute Gasteiger partial charge is 0.371 e. The van der Waals surface area contributed by atoms with E-state index in [0.717, 1.165) is 12.1 Å². The first-order chi connectivity index (χ1) is 15.0. The molecular weight excluding hydrogens is 404 g/mol. The number of nitrogens with zero attached hydrogens (tertiary/aromatic N) is 7. The average Bonchev–Trinajstić information content (AvgIpc) is 3.47. The quantitative estimate of drug-likeness (QED) is 0.512. The van der Waals surface area contributed by atoms with E-state index in [0.29, 0.717) is 16.7 Å². The Hall–Kier alpha value is -3.97. The highest BCUT2D eigenvalue weighted by Crippen LogP contribution is 2.38. The molecule has 4 rings (SSSR count). The van der Waals surface area contributed by atoms with Crippen molar-refractivity contribution in [3.05, 3.63) is 84.5 Å². The van der Waals surface area contributed by atoms with Crippen LogP contribution in [-0.2, 0) is 0 Å². The van der Waals surface area contributed by atoms with Gasteiger partial charge < -0.3 is 5.11 Å². The number of rotatable bonds is 6.